The van der Waals surface area contributed by atoms with Crippen molar-refractivity contribution >= 4 is 17.2 Å². The summed E-state index contributed by atoms with van der Waals surface area (Å²) in [5, 5.41) is 0. The zero-order valence-electron chi connectivity index (χ0n) is 6.70. The van der Waals surface area contributed by atoms with E-state index in [-0.39, 0.29) is 5.82 Å². The van der Waals surface area contributed by atoms with Crippen LogP contribution in [0.3, 0.4) is 0 Å². The largest absolute Gasteiger partial charge is 0.398 e. The third kappa shape index (κ3) is 1.53. The third-order valence-corrected chi connectivity index (χ3v) is 2.50. The molecule has 0 saturated heterocycles. The standard InChI is InChI=1S/C9H7FN2S/c10-6-1-2-7(8(11)5-6)9-3-4-12-13-9/h1-5H,11H2. The van der Waals surface area contributed by atoms with E-state index >= 15 is 0 Å². The van der Waals surface area contributed by atoms with Crippen LogP contribution in [0.25, 0.3) is 10.4 Å². The molecule has 0 bridgehead atoms. The van der Waals surface area contributed by atoms with E-state index < -0.39 is 0 Å². The lowest BCUT2D eigenvalue weighted by molar-refractivity contribution is 0.628. The molecule has 2 nitrogen and oxygen atoms in total. The molecule has 0 atom stereocenters. The van der Waals surface area contributed by atoms with Gasteiger partial charge in [0.2, 0.25) is 0 Å². The van der Waals surface area contributed by atoms with Crippen molar-refractivity contribution in [1.82, 2.24) is 4.37 Å². The van der Waals surface area contributed by atoms with Gasteiger partial charge < -0.3 is 5.73 Å². The minimum absolute atomic E-state index is 0.314. The van der Waals surface area contributed by atoms with Crippen molar-refractivity contribution in [1.29, 1.82) is 0 Å². The fraction of sp³-hybridized carbons (Fsp3) is 0. The molecule has 1 aromatic carbocycles. The molecule has 0 unspecified atom stereocenters. The molecule has 0 aliphatic rings. The number of hydrogen-bond acceptors (Lipinski definition) is 3. The Kier molecular flexibility index (Phi) is 1.98. The monoisotopic (exact) mass is 194 g/mol. The number of benzene rings is 1. The van der Waals surface area contributed by atoms with Crippen LogP contribution in [-0.4, -0.2) is 4.37 Å². The van der Waals surface area contributed by atoms with Crippen molar-refractivity contribution in [2.24, 2.45) is 0 Å². The van der Waals surface area contributed by atoms with Crippen LogP contribution in [-0.2, 0) is 0 Å². The van der Waals surface area contributed by atoms with Crippen molar-refractivity contribution in [2.45, 2.75) is 0 Å². The third-order valence-electron chi connectivity index (χ3n) is 1.72. The Hall–Kier alpha value is -1.42. The van der Waals surface area contributed by atoms with Gasteiger partial charge in [0.15, 0.2) is 0 Å². The summed E-state index contributed by atoms with van der Waals surface area (Å²) in [6.07, 6.45) is 1.70. The van der Waals surface area contributed by atoms with E-state index in [9.17, 15) is 4.39 Å². The fourth-order valence-electron chi connectivity index (χ4n) is 1.11. The summed E-state index contributed by atoms with van der Waals surface area (Å²) in [6, 6.07) is 6.23. The first-order valence-corrected chi connectivity index (χ1v) is 4.51. The van der Waals surface area contributed by atoms with Gasteiger partial charge in [-0.2, -0.15) is 0 Å². The lowest BCUT2D eigenvalue weighted by Gasteiger charge is -2.01. The van der Waals surface area contributed by atoms with Crippen LogP contribution < -0.4 is 5.73 Å². The molecule has 4 heteroatoms. The summed E-state index contributed by atoms with van der Waals surface area (Å²) in [6.45, 7) is 0. The number of nitrogens with zero attached hydrogens (tertiary/aromatic N) is 1. The number of halogens is 1. The van der Waals surface area contributed by atoms with E-state index in [1.54, 1.807) is 12.3 Å². The normalized spacial score (nSPS) is 10.2. The number of rotatable bonds is 1. The molecule has 1 heterocycles. The van der Waals surface area contributed by atoms with E-state index in [1.165, 1.54) is 23.7 Å². The summed E-state index contributed by atoms with van der Waals surface area (Å²) in [5.41, 5.74) is 6.94. The summed E-state index contributed by atoms with van der Waals surface area (Å²) in [5.74, 6) is -0.314. The minimum atomic E-state index is -0.314. The van der Waals surface area contributed by atoms with Crippen LogP contribution in [0.1, 0.15) is 0 Å². The van der Waals surface area contributed by atoms with E-state index in [0.717, 1.165) is 10.4 Å². The maximum absolute atomic E-state index is 12.7. The van der Waals surface area contributed by atoms with Gasteiger partial charge in [0.25, 0.3) is 0 Å². The molecule has 0 amide bonds. The zero-order valence-corrected chi connectivity index (χ0v) is 7.51. The van der Waals surface area contributed by atoms with Gasteiger partial charge in [-0.25, -0.2) is 8.76 Å². The lowest BCUT2D eigenvalue weighted by Crippen LogP contribution is -1.89. The van der Waals surface area contributed by atoms with Crippen LogP contribution in [0, 0.1) is 5.82 Å². The summed E-state index contributed by atoms with van der Waals surface area (Å²) in [4.78, 5) is 0.956. The number of aromatic nitrogens is 1. The van der Waals surface area contributed by atoms with Crippen molar-refractivity contribution in [3.63, 3.8) is 0 Å². The second kappa shape index (κ2) is 3.14. The average Bonchev–Trinajstić information content (AvgIpc) is 2.56. The molecule has 1 aromatic heterocycles. The van der Waals surface area contributed by atoms with Crippen molar-refractivity contribution in [3.8, 4) is 10.4 Å². The first-order chi connectivity index (χ1) is 6.27. The number of anilines is 1. The molecule has 0 aliphatic carbocycles. The highest BCUT2D eigenvalue weighted by molar-refractivity contribution is 7.09. The van der Waals surface area contributed by atoms with Gasteiger partial charge in [-0.1, -0.05) is 0 Å². The Morgan fingerprint density at radius 1 is 1.31 bits per heavy atom. The van der Waals surface area contributed by atoms with Gasteiger partial charge in [-0.05, 0) is 35.8 Å². The van der Waals surface area contributed by atoms with Gasteiger partial charge in [-0.3, -0.25) is 0 Å². The molecule has 0 fully saturated rings. The Bertz CT molecular complexity index is 412. The van der Waals surface area contributed by atoms with Gasteiger partial charge in [0.1, 0.15) is 5.82 Å². The van der Waals surface area contributed by atoms with E-state index in [2.05, 4.69) is 4.37 Å². The maximum Gasteiger partial charge on any atom is 0.125 e. The van der Waals surface area contributed by atoms with Gasteiger partial charge in [0.05, 0.1) is 4.88 Å². The summed E-state index contributed by atoms with van der Waals surface area (Å²) in [7, 11) is 0. The van der Waals surface area contributed by atoms with Crippen molar-refractivity contribution < 1.29 is 4.39 Å². The highest BCUT2D eigenvalue weighted by atomic mass is 32.1. The van der Waals surface area contributed by atoms with Crippen LogP contribution in [0.15, 0.2) is 30.5 Å². The van der Waals surface area contributed by atoms with Crippen molar-refractivity contribution in [2.75, 3.05) is 5.73 Å². The Morgan fingerprint density at radius 2 is 2.15 bits per heavy atom. The molecule has 0 radical (unpaired) electrons. The van der Waals surface area contributed by atoms with E-state index in [1.807, 2.05) is 6.07 Å². The van der Waals surface area contributed by atoms with Crippen LogP contribution in [0.4, 0.5) is 10.1 Å². The molecular formula is C9H7FN2S. The van der Waals surface area contributed by atoms with Crippen LogP contribution in [0.2, 0.25) is 0 Å². The molecule has 2 rings (SSSR count). The molecule has 2 N–H and O–H groups in total. The Labute approximate surface area is 79.0 Å². The molecule has 0 spiro atoms. The first kappa shape index (κ1) is 8.19. The fourth-order valence-corrected chi connectivity index (χ4v) is 1.75. The predicted molar refractivity (Wildman–Crippen MR) is 51.9 cm³/mol. The molecular weight excluding hydrogens is 187 g/mol. The maximum atomic E-state index is 12.7. The Morgan fingerprint density at radius 3 is 2.77 bits per heavy atom. The van der Waals surface area contributed by atoms with E-state index in [0.29, 0.717) is 5.69 Å². The highest BCUT2D eigenvalue weighted by Gasteiger charge is 2.04. The molecule has 0 saturated carbocycles. The van der Waals surface area contributed by atoms with Gasteiger partial charge in [0, 0.05) is 17.4 Å². The van der Waals surface area contributed by atoms with E-state index in [4.69, 9.17) is 5.73 Å². The van der Waals surface area contributed by atoms with Gasteiger partial charge >= 0.3 is 0 Å². The molecule has 13 heavy (non-hydrogen) atoms. The zero-order chi connectivity index (χ0) is 9.26. The average molecular weight is 194 g/mol. The number of hydrogen-bond donors (Lipinski definition) is 1. The predicted octanol–water partition coefficient (Wildman–Crippen LogP) is 2.53. The lowest BCUT2D eigenvalue weighted by atomic mass is 10.1. The smallest absolute Gasteiger partial charge is 0.125 e. The highest BCUT2D eigenvalue weighted by Crippen LogP contribution is 2.28. The second-order valence-electron chi connectivity index (χ2n) is 2.61. The van der Waals surface area contributed by atoms with Crippen molar-refractivity contribution in [3.05, 3.63) is 36.3 Å². The van der Waals surface area contributed by atoms with Gasteiger partial charge in [-0.15, -0.1) is 0 Å². The topological polar surface area (TPSA) is 38.9 Å². The second-order valence-corrected chi connectivity index (χ2v) is 3.44. The molecule has 0 aliphatic heterocycles. The molecule has 2 aromatic rings. The summed E-state index contributed by atoms with van der Waals surface area (Å²) < 4.78 is 16.7. The number of nitrogens with two attached hydrogens (primary N) is 1. The number of nitrogen functional groups attached to an aromatic ring is 1. The Balaban J connectivity index is 2.53. The SMILES string of the molecule is Nc1cc(F)ccc1-c1ccns1. The minimum Gasteiger partial charge on any atom is -0.398 e. The first-order valence-electron chi connectivity index (χ1n) is 3.73. The van der Waals surface area contributed by atoms with Crippen LogP contribution in [0.5, 0.6) is 0 Å². The summed E-state index contributed by atoms with van der Waals surface area (Å²) >= 11 is 1.34. The van der Waals surface area contributed by atoms with Crippen LogP contribution >= 0.6 is 11.5 Å². The molecule has 66 valence electrons. The quantitative estimate of drug-likeness (QED) is 0.708.